The second-order valence-electron chi connectivity index (χ2n) is 3.74. The predicted octanol–water partition coefficient (Wildman–Crippen LogP) is 4.95. The Labute approximate surface area is 119 Å². The van der Waals surface area contributed by atoms with Crippen LogP contribution in [0.3, 0.4) is 0 Å². The van der Waals surface area contributed by atoms with Crippen molar-refractivity contribution in [1.29, 1.82) is 0 Å². The molecule has 0 bridgehead atoms. The summed E-state index contributed by atoms with van der Waals surface area (Å²) in [5, 5.41) is 0.811. The molecule has 4 heteroatoms. The van der Waals surface area contributed by atoms with Gasteiger partial charge in [-0.1, -0.05) is 57.9 Å². The first-order chi connectivity index (χ1) is 8.72. The number of hydrogen-bond acceptors (Lipinski definition) is 1. The Balaban J connectivity index is 2.14. The van der Waals surface area contributed by atoms with Crippen LogP contribution >= 0.6 is 27.5 Å². The van der Waals surface area contributed by atoms with Crippen molar-refractivity contribution in [2.75, 3.05) is 0 Å². The molecule has 0 spiro atoms. The Kier molecular flexibility index (Phi) is 4.61. The first-order valence-electron chi connectivity index (χ1n) is 5.42. The number of ether oxygens (including phenoxy) is 1. The van der Waals surface area contributed by atoms with E-state index < -0.39 is 5.82 Å². The minimum absolute atomic E-state index is 0.116. The minimum Gasteiger partial charge on any atom is -0.488 e. The highest BCUT2D eigenvalue weighted by molar-refractivity contribution is 9.08. The summed E-state index contributed by atoms with van der Waals surface area (Å²) in [5.74, 6) is 0.323. The molecule has 0 saturated carbocycles. The summed E-state index contributed by atoms with van der Waals surface area (Å²) < 4.78 is 19.3. The zero-order valence-electron chi connectivity index (χ0n) is 9.50. The molecular formula is C14H11BrClFO. The third-order valence-corrected chi connectivity index (χ3v) is 3.43. The highest BCUT2D eigenvalue weighted by Crippen LogP contribution is 2.23. The first-order valence-corrected chi connectivity index (χ1v) is 6.92. The molecule has 2 aromatic rings. The van der Waals surface area contributed by atoms with E-state index in [1.807, 2.05) is 24.3 Å². The van der Waals surface area contributed by atoms with Crippen molar-refractivity contribution < 1.29 is 9.13 Å². The van der Waals surface area contributed by atoms with E-state index in [0.717, 1.165) is 11.3 Å². The zero-order valence-corrected chi connectivity index (χ0v) is 11.8. The smallest absolute Gasteiger partial charge is 0.148 e. The van der Waals surface area contributed by atoms with Gasteiger partial charge in [0.05, 0.1) is 5.02 Å². The van der Waals surface area contributed by atoms with E-state index in [-0.39, 0.29) is 11.6 Å². The van der Waals surface area contributed by atoms with Gasteiger partial charge in [0.1, 0.15) is 18.2 Å². The fourth-order valence-corrected chi connectivity index (χ4v) is 2.23. The van der Waals surface area contributed by atoms with E-state index in [0.29, 0.717) is 10.9 Å². The van der Waals surface area contributed by atoms with Crippen LogP contribution in [0.1, 0.15) is 11.1 Å². The SMILES string of the molecule is Fc1c(Cl)cccc1COc1ccccc1CBr. The standard InChI is InChI=1S/C14H11BrClFO/c15-8-10-4-1-2-7-13(10)18-9-11-5-3-6-12(16)14(11)17/h1-7H,8-9H2. The van der Waals surface area contributed by atoms with Gasteiger partial charge in [0.25, 0.3) is 0 Å². The molecule has 0 radical (unpaired) electrons. The first kappa shape index (κ1) is 13.4. The van der Waals surface area contributed by atoms with Gasteiger partial charge < -0.3 is 4.74 Å². The highest BCUT2D eigenvalue weighted by Gasteiger charge is 2.08. The van der Waals surface area contributed by atoms with Crippen molar-refractivity contribution in [3.63, 3.8) is 0 Å². The molecule has 18 heavy (non-hydrogen) atoms. The molecule has 0 aliphatic rings. The molecule has 0 unspecified atom stereocenters. The van der Waals surface area contributed by atoms with Crippen molar-refractivity contribution in [2.45, 2.75) is 11.9 Å². The van der Waals surface area contributed by atoms with Crippen molar-refractivity contribution in [3.8, 4) is 5.75 Å². The molecule has 0 N–H and O–H groups in total. The van der Waals surface area contributed by atoms with Gasteiger partial charge in [0.2, 0.25) is 0 Å². The number of halogens is 3. The Hall–Kier alpha value is -1.06. The van der Waals surface area contributed by atoms with Gasteiger partial charge in [-0.05, 0) is 12.1 Å². The van der Waals surface area contributed by atoms with Crippen LogP contribution in [0.25, 0.3) is 0 Å². The molecule has 0 amide bonds. The second-order valence-corrected chi connectivity index (χ2v) is 4.71. The summed E-state index contributed by atoms with van der Waals surface area (Å²) in [6.07, 6.45) is 0. The maximum absolute atomic E-state index is 13.7. The lowest BCUT2D eigenvalue weighted by atomic mass is 10.2. The third-order valence-electron chi connectivity index (χ3n) is 2.53. The Morgan fingerprint density at radius 1 is 1.06 bits per heavy atom. The predicted molar refractivity (Wildman–Crippen MR) is 74.8 cm³/mol. The van der Waals surface area contributed by atoms with Gasteiger partial charge in [-0.2, -0.15) is 0 Å². The number of benzene rings is 2. The van der Waals surface area contributed by atoms with E-state index in [9.17, 15) is 4.39 Å². The summed E-state index contributed by atoms with van der Waals surface area (Å²) in [5.41, 5.74) is 1.48. The van der Waals surface area contributed by atoms with Crippen LogP contribution < -0.4 is 4.74 Å². The molecule has 2 aromatic carbocycles. The van der Waals surface area contributed by atoms with E-state index in [1.165, 1.54) is 6.07 Å². The fraction of sp³-hybridized carbons (Fsp3) is 0.143. The third kappa shape index (κ3) is 3.03. The minimum atomic E-state index is -0.421. The molecule has 2 rings (SSSR count). The Bertz CT molecular complexity index is 545. The normalized spacial score (nSPS) is 10.4. The van der Waals surface area contributed by atoms with Crippen LogP contribution in [0.2, 0.25) is 5.02 Å². The molecule has 0 heterocycles. The molecule has 0 saturated heterocycles. The summed E-state index contributed by atoms with van der Waals surface area (Å²) >= 11 is 9.10. The summed E-state index contributed by atoms with van der Waals surface area (Å²) in [6, 6.07) is 12.5. The van der Waals surface area contributed by atoms with Gasteiger partial charge in [-0.25, -0.2) is 4.39 Å². The molecule has 94 valence electrons. The molecule has 0 fully saturated rings. The molecular weight excluding hydrogens is 319 g/mol. The lowest BCUT2D eigenvalue weighted by molar-refractivity contribution is 0.297. The summed E-state index contributed by atoms with van der Waals surface area (Å²) in [6.45, 7) is 0.163. The summed E-state index contributed by atoms with van der Waals surface area (Å²) in [4.78, 5) is 0. The fourth-order valence-electron chi connectivity index (χ4n) is 1.57. The average Bonchev–Trinajstić information content (AvgIpc) is 2.41. The number of rotatable bonds is 4. The largest absolute Gasteiger partial charge is 0.488 e. The van der Waals surface area contributed by atoms with Crippen molar-refractivity contribution >= 4 is 27.5 Å². The lowest BCUT2D eigenvalue weighted by Crippen LogP contribution is -2.00. The topological polar surface area (TPSA) is 9.23 Å². The zero-order chi connectivity index (χ0) is 13.0. The molecule has 0 aliphatic carbocycles. The number of alkyl halides is 1. The van der Waals surface area contributed by atoms with Crippen molar-refractivity contribution in [1.82, 2.24) is 0 Å². The maximum atomic E-state index is 13.7. The van der Waals surface area contributed by atoms with Crippen LogP contribution in [0.5, 0.6) is 5.75 Å². The van der Waals surface area contributed by atoms with Gasteiger partial charge >= 0.3 is 0 Å². The molecule has 0 aromatic heterocycles. The van der Waals surface area contributed by atoms with Crippen LogP contribution in [0, 0.1) is 5.82 Å². The maximum Gasteiger partial charge on any atom is 0.148 e. The second kappa shape index (κ2) is 6.21. The van der Waals surface area contributed by atoms with Gasteiger partial charge in [0, 0.05) is 16.5 Å². The van der Waals surface area contributed by atoms with Crippen LogP contribution in [0.4, 0.5) is 4.39 Å². The average molecular weight is 330 g/mol. The molecule has 1 nitrogen and oxygen atoms in total. The van der Waals surface area contributed by atoms with Crippen LogP contribution in [-0.2, 0) is 11.9 Å². The monoisotopic (exact) mass is 328 g/mol. The molecule has 0 atom stereocenters. The van der Waals surface area contributed by atoms with Gasteiger partial charge in [-0.15, -0.1) is 0 Å². The molecule has 0 aliphatic heterocycles. The Morgan fingerprint density at radius 3 is 2.56 bits per heavy atom. The summed E-state index contributed by atoms with van der Waals surface area (Å²) in [7, 11) is 0. The van der Waals surface area contributed by atoms with E-state index in [4.69, 9.17) is 16.3 Å². The van der Waals surface area contributed by atoms with Gasteiger partial charge in [-0.3, -0.25) is 0 Å². The van der Waals surface area contributed by atoms with E-state index in [1.54, 1.807) is 12.1 Å². The Morgan fingerprint density at radius 2 is 1.78 bits per heavy atom. The van der Waals surface area contributed by atoms with Crippen LogP contribution in [0.15, 0.2) is 42.5 Å². The van der Waals surface area contributed by atoms with E-state index >= 15 is 0 Å². The van der Waals surface area contributed by atoms with E-state index in [2.05, 4.69) is 15.9 Å². The number of hydrogen-bond donors (Lipinski definition) is 0. The quantitative estimate of drug-likeness (QED) is 0.721. The van der Waals surface area contributed by atoms with Gasteiger partial charge in [0.15, 0.2) is 0 Å². The number of para-hydroxylation sites is 1. The van der Waals surface area contributed by atoms with Crippen LogP contribution in [-0.4, -0.2) is 0 Å². The highest BCUT2D eigenvalue weighted by atomic mass is 79.9. The lowest BCUT2D eigenvalue weighted by Gasteiger charge is -2.10. The van der Waals surface area contributed by atoms with Crippen molar-refractivity contribution in [2.24, 2.45) is 0 Å². The van der Waals surface area contributed by atoms with Crippen molar-refractivity contribution in [3.05, 3.63) is 64.4 Å².